The van der Waals surface area contributed by atoms with Crippen molar-refractivity contribution in [2.24, 2.45) is 0 Å². The van der Waals surface area contributed by atoms with Crippen LogP contribution in [0.3, 0.4) is 0 Å². The van der Waals surface area contributed by atoms with Crippen LogP contribution in [0.5, 0.6) is 0 Å². The molecule has 0 bridgehead atoms. The Morgan fingerprint density at radius 2 is 2.50 bits per heavy atom. The van der Waals surface area contributed by atoms with Crippen molar-refractivity contribution in [1.82, 2.24) is 5.32 Å². The first-order valence-corrected chi connectivity index (χ1v) is 4.60. The lowest BCUT2D eigenvalue weighted by atomic mass is 10.2. The zero-order valence-electron chi connectivity index (χ0n) is 8.45. The average Bonchev–Trinajstić information content (AvgIpc) is 2.72. The smallest absolute Gasteiger partial charge is 0.219 e. The molecular weight excluding hydrogens is 182 g/mol. The number of nitrogens with one attached hydrogen (secondary N) is 1. The van der Waals surface area contributed by atoms with Gasteiger partial charge in [0.2, 0.25) is 5.91 Å². The van der Waals surface area contributed by atoms with Crippen LogP contribution < -0.4 is 5.32 Å². The van der Waals surface area contributed by atoms with Gasteiger partial charge in [0.1, 0.15) is 11.9 Å². The van der Waals surface area contributed by atoms with E-state index in [1.165, 1.54) is 0 Å². The van der Waals surface area contributed by atoms with Crippen LogP contribution in [0.4, 0.5) is 0 Å². The number of hydrogen-bond acceptors (Lipinski definition) is 3. The van der Waals surface area contributed by atoms with Crippen molar-refractivity contribution in [1.29, 1.82) is 0 Å². The van der Waals surface area contributed by atoms with Crippen molar-refractivity contribution in [2.75, 3.05) is 13.7 Å². The summed E-state index contributed by atoms with van der Waals surface area (Å²) in [5.41, 5.74) is 0. The normalized spacial score (nSPS) is 12.4. The van der Waals surface area contributed by atoms with Gasteiger partial charge in [0.05, 0.1) is 12.8 Å². The highest BCUT2D eigenvalue weighted by atomic mass is 16.5. The van der Waals surface area contributed by atoms with Gasteiger partial charge in [-0.1, -0.05) is 6.92 Å². The van der Waals surface area contributed by atoms with Crippen LogP contribution in [0.1, 0.15) is 25.2 Å². The lowest BCUT2D eigenvalue weighted by Gasteiger charge is -2.13. The predicted molar refractivity (Wildman–Crippen MR) is 51.8 cm³/mol. The number of hydrogen-bond donors (Lipinski definition) is 1. The monoisotopic (exact) mass is 197 g/mol. The summed E-state index contributed by atoms with van der Waals surface area (Å²) >= 11 is 0. The molecule has 4 nitrogen and oxygen atoms in total. The lowest BCUT2D eigenvalue weighted by molar-refractivity contribution is -0.121. The number of ether oxygens (including phenoxy) is 1. The summed E-state index contributed by atoms with van der Waals surface area (Å²) in [5, 5.41) is 2.75. The molecule has 14 heavy (non-hydrogen) atoms. The van der Waals surface area contributed by atoms with Crippen molar-refractivity contribution in [3.63, 3.8) is 0 Å². The molecule has 1 rings (SSSR count). The molecule has 4 heteroatoms. The first kappa shape index (κ1) is 10.8. The Kier molecular flexibility index (Phi) is 4.19. The zero-order chi connectivity index (χ0) is 10.4. The average molecular weight is 197 g/mol. The third kappa shape index (κ3) is 2.88. The zero-order valence-corrected chi connectivity index (χ0v) is 8.45. The third-order valence-corrected chi connectivity index (χ3v) is 1.95. The molecule has 78 valence electrons. The van der Waals surface area contributed by atoms with Gasteiger partial charge in [-0.2, -0.15) is 0 Å². The van der Waals surface area contributed by atoms with E-state index in [0.29, 0.717) is 13.0 Å². The van der Waals surface area contributed by atoms with Crippen molar-refractivity contribution >= 4 is 5.91 Å². The standard InChI is InChI=1S/C10H15NO3/c1-3-10(12)11-7-9(13-2)8-5-4-6-14-8/h4-6,9H,3,7H2,1-2H3,(H,11,12). The van der Waals surface area contributed by atoms with E-state index < -0.39 is 0 Å². The SMILES string of the molecule is CCC(=O)NCC(OC)c1ccco1. The second kappa shape index (κ2) is 5.44. The Labute approximate surface area is 83.2 Å². The maximum absolute atomic E-state index is 11.0. The van der Waals surface area contributed by atoms with Crippen LogP contribution in [-0.4, -0.2) is 19.6 Å². The van der Waals surface area contributed by atoms with Crippen molar-refractivity contribution in [3.8, 4) is 0 Å². The van der Waals surface area contributed by atoms with Gasteiger partial charge < -0.3 is 14.5 Å². The van der Waals surface area contributed by atoms with E-state index in [4.69, 9.17) is 9.15 Å². The van der Waals surface area contributed by atoms with Crippen LogP contribution in [0.2, 0.25) is 0 Å². The fraction of sp³-hybridized carbons (Fsp3) is 0.500. The number of amides is 1. The molecule has 1 unspecified atom stereocenters. The highest BCUT2D eigenvalue weighted by Gasteiger charge is 2.13. The lowest BCUT2D eigenvalue weighted by Crippen LogP contribution is -2.28. The minimum Gasteiger partial charge on any atom is -0.467 e. The summed E-state index contributed by atoms with van der Waals surface area (Å²) in [6, 6.07) is 3.62. The number of carbonyl (C=O) groups is 1. The topological polar surface area (TPSA) is 51.5 Å². The molecule has 0 aliphatic carbocycles. The summed E-state index contributed by atoms with van der Waals surface area (Å²) in [6.07, 6.45) is 1.86. The Morgan fingerprint density at radius 3 is 3.00 bits per heavy atom. The van der Waals surface area contributed by atoms with Crippen LogP contribution >= 0.6 is 0 Å². The fourth-order valence-corrected chi connectivity index (χ4v) is 1.11. The maximum atomic E-state index is 11.0. The van der Waals surface area contributed by atoms with E-state index in [2.05, 4.69) is 5.32 Å². The molecule has 0 aliphatic rings. The summed E-state index contributed by atoms with van der Waals surface area (Å²) < 4.78 is 10.4. The summed E-state index contributed by atoms with van der Waals surface area (Å²) in [5.74, 6) is 0.738. The van der Waals surface area contributed by atoms with Gasteiger partial charge in [0.25, 0.3) is 0 Å². The van der Waals surface area contributed by atoms with E-state index in [1.807, 2.05) is 13.0 Å². The Morgan fingerprint density at radius 1 is 1.71 bits per heavy atom. The summed E-state index contributed by atoms with van der Waals surface area (Å²) in [6.45, 7) is 2.25. The van der Waals surface area contributed by atoms with E-state index >= 15 is 0 Å². The van der Waals surface area contributed by atoms with E-state index in [-0.39, 0.29) is 12.0 Å². The molecule has 1 N–H and O–H groups in total. The number of methoxy groups -OCH3 is 1. The van der Waals surface area contributed by atoms with E-state index in [1.54, 1.807) is 19.4 Å². The first-order chi connectivity index (χ1) is 6.77. The molecule has 0 radical (unpaired) electrons. The molecule has 0 spiro atoms. The molecule has 1 amide bonds. The van der Waals surface area contributed by atoms with Gasteiger partial charge >= 0.3 is 0 Å². The molecular formula is C10H15NO3. The minimum atomic E-state index is -0.208. The molecule has 0 saturated heterocycles. The van der Waals surface area contributed by atoms with Gasteiger partial charge in [-0.25, -0.2) is 0 Å². The highest BCUT2D eigenvalue weighted by molar-refractivity contribution is 5.75. The number of rotatable bonds is 5. The predicted octanol–water partition coefficient (Wildman–Crippen LogP) is 1.49. The Balaban J connectivity index is 2.44. The van der Waals surface area contributed by atoms with Gasteiger partial charge in [-0.15, -0.1) is 0 Å². The van der Waals surface area contributed by atoms with Crippen LogP contribution in [0.25, 0.3) is 0 Å². The largest absolute Gasteiger partial charge is 0.467 e. The quantitative estimate of drug-likeness (QED) is 0.778. The molecule has 1 heterocycles. The van der Waals surface area contributed by atoms with Gasteiger partial charge in [0, 0.05) is 13.5 Å². The number of furan rings is 1. The Hall–Kier alpha value is -1.29. The minimum absolute atomic E-state index is 0.0126. The molecule has 1 aromatic heterocycles. The third-order valence-electron chi connectivity index (χ3n) is 1.95. The van der Waals surface area contributed by atoms with Gasteiger partial charge in [-0.05, 0) is 12.1 Å². The second-order valence-corrected chi connectivity index (χ2v) is 2.90. The van der Waals surface area contributed by atoms with Crippen LogP contribution in [-0.2, 0) is 9.53 Å². The molecule has 0 fully saturated rings. The molecule has 1 aromatic rings. The van der Waals surface area contributed by atoms with Gasteiger partial charge in [0.15, 0.2) is 0 Å². The van der Waals surface area contributed by atoms with E-state index in [9.17, 15) is 4.79 Å². The maximum Gasteiger partial charge on any atom is 0.219 e. The second-order valence-electron chi connectivity index (χ2n) is 2.90. The first-order valence-electron chi connectivity index (χ1n) is 4.60. The molecule has 0 aromatic carbocycles. The van der Waals surface area contributed by atoms with Crippen molar-refractivity contribution in [2.45, 2.75) is 19.4 Å². The van der Waals surface area contributed by atoms with Crippen molar-refractivity contribution < 1.29 is 13.9 Å². The van der Waals surface area contributed by atoms with Crippen LogP contribution in [0.15, 0.2) is 22.8 Å². The Bertz CT molecular complexity index is 269. The fourth-order valence-electron chi connectivity index (χ4n) is 1.11. The van der Waals surface area contributed by atoms with Gasteiger partial charge in [-0.3, -0.25) is 4.79 Å². The van der Waals surface area contributed by atoms with Crippen LogP contribution in [0, 0.1) is 0 Å². The van der Waals surface area contributed by atoms with E-state index in [0.717, 1.165) is 5.76 Å². The molecule has 0 saturated carbocycles. The summed E-state index contributed by atoms with van der Waals surface area (Å²) in [7, 11) is 1.59. The highest BCUT2D eigenvalue weighted by Crippen LogP contribution is 2.15. The molecule has 1 atom stereocenters. The molecule has 0 aliphatic heterocycles. The number of carbonyl (C=O) groups excluding carboxylic acids is 1. The van der Waals surface area contributed by atoms with Crippen molar-refractivity contribution in [3.05, 3.63) is 24.2 Å². The summed E-state index contributed by atoms with van der Waals surface area (Å²) in [4.78, 5) is 11.0.